The minimum absolute atomic E-state index is 0.0592. The molecule has 1 saturated carbocycles. The van der Waals surface area contributed by atoms with Gasteiger partial charge in [-0.2, -0.15) is 0 Å². The Bertz CT molecular complexity index is 660. The molecule has 122 valence electrons. The van der Waals surface area contributed by atoms with E-state index in [2.05, 4.69) is 19.9 Å². The van der Waals surface area contributed by atoms with Crippen molar-refractivity contribution < 1.29 is 14.4 Å². The van der Waals surface area contributed by atoms with E-state index >= 15 is 0 Å². The van der Waals surface area contributed by atoms with Crippen molar-refractivity contribution >= 4 is 17.3 Å². The van der Waals surface area contributed by atoms with Crippen LogP contribution in [-0.4, -0.2) is 17.3 Å². The van der Waals surface area contributed by atoms with E-state index < -0.39 is 5.92 Å². The molecule has 0 radical (unpaired) electrons. The summed E-state index contributed by atoms with van der Waals surface area (Å²) < 4.78 is 0. The first-order valence-corrected chi connectivity index (χ1v) is 8.53. The first kappa shape index (κ1) is 16.1. The molecule has 1 fully saturated rings. The third kappa shape index (κ3) is 2.77. The van der Waals surface area contributed by atoms with Gasteiger partial charge in [0, 0.05) is 11.5 Å². The van der Waals surface area contributed by atoms with E-state index in [1.165, 1.54) is 23.8 Å². The van der Waals surface area contributed by atoms with E-state index in [4.69, 9.17) is 0 Å². The normalized spacial score (nSPS) is 33.7. The van der Waals surface area contributed by atoms with Crippen molar-refractivity contribution in [3.05, 3.63) is 35.5 Å². The Morgan fingerprint density at radius 1 is 1.13 bits per heavy atom. The molecule has 0 N–H and O–H groups in total. The molecule has 0 aromatic carbocycles. The number of rotatable bonds is 1. The fourth-order valence-electron chi connectivity index (χ4n) is 4.40. The lowest BCUT2D eigenvalue weighted by Gasteiger charge is -2.41. The van der Waals surface area contributed by atoms with Crippen molar-refractivity contribution in [3.63, 3.8) is 0 Å². The van der Waals surface area contributed by atoms with Crippen molar-refractivity contribution in [2.45, 2.75) is 46.5 Å². The third-order valence-corrected chi connectivity index (χ3v) is 5.70. The zero-order valence-corrected chi connectivity index (χ0v) is 14.1. The predicted octanol–water partition coefficient (Wildman–Crippen LogP) is 3.60. The molecule has 0 spiro atoms. The summed E-state index contributed by atoms with van der Waals surface area (Å²) in [5, 5.41) is 0. The van der Waals surface area contributed by atoms with Crippen molar-refractivity contribution in [2.24, 2.45) is 23.2 Å². The highest BCUT2D eigenvalue weighted by Gasteiger charge is 2.45. The van der Waals surface area contributed by atoms with E-state index in [-0.39, 0.29) is 34.6 Å². The molecule has 0 heterocycles. The maximum atomic E-state index is 13.0. The Kier molecular flexibility index (Phi) is 3.99. The van der Waals surface area contributed by atoms with Crippen LogP contribution in [0, 0.1) is 23.2 Å². The summed E-state index contributed by atoms with van der Waals surface area (Å²) in [6.07, 6.45) is 10.0. The topological polar surface area (TPSA) is 51.2 Å². The van der Waals surface area contributed by atoms with Crippen LogP contribution < -0.4 is 0 Å². The zero-order valence-electron chi connectivity index (χ0n) is 14.1. The molecule has 0 unspecified atom stereocenters. The largest absolute Gasteiger partial charge is 0.299 e. The second kappa shape index (κ2) is 5.70. The van der Waals surface area contributed by atoms with E-state index in [1.807, 2.05) is 6.92 Å². The second-order valence-corrected chi connectivity index (χ2v) is 7.76. The maximum Gasteiger partial charge on any atom is 0.182 e. The number of hydrogen-bond donors (Lipinski definition) is 0. The molecule has 0 bridgehead atoms. The molecule has 0 aromatic heterocycles. The average Bonchev–Trinajstić information content (AvgIpc) is 2.60. The second-order valence-electron chi connectivity index (χ2n) is 7.76. The van der Waals surface area contributed by atoms with Crippen LogP contribution >= 0.6 is 0 Å². The summed E-state index contributed by atoms with van der Waals surface area (Å²) in [6.45, 7) is 6.39. The molecular weight excluding hydrogens is 288 g/mol. The van der Waals surface area contributed by atoms with Crippen LogP contribution in [0.1, 0.15) is 46.5 Å². The van der Waals surface area contributed by atoms with Gasteiger partial charge in [-0.05, 0) is 48.8 Å². The number of fused-ring (bicyclic) bond motifs is 1. The van der Waals surface area contributed by atoms with Gasteiger partial charge in [-0.1, -0.05) is 38.8 Å². The van der Waals surface area contributed by atoms with Crippen molar-refractivity contribution in [1.82, 2.24) is 0 Å². The molecule has 23 heavy (non-hydrogen) atoms. The highest BCUT2D eigenvalue weighted by atomic mass is 16.1. The van der Waals surface area contributed by atoms with Gasteiger partial charge in [0.05, 0.1) is 5.92 Å². The Morgan fingerprint density at radius 2 is 1.87 bits per heavy atom. The average molecular weight is 312 g/mol. The van der Waals surface area contributed by atoms with Gasteiger partial charge >= 0.3 is 0 Å². The SMILES string of the molecule is C[C@@H]1CC=C2[C@H](CCCC2(C)C)[C@@H](C2=CC(=O)C=CC2=O)C1=O. The Morgan fingerprint density at radius 3 is 2.61 bits per heavy atom. The van der Waals surface area contributed by atoms with Gasteiger partial charge in [-0.25, -0.2) is 0 Å². The smallest absolute Gasteiger partial charge is 0.182 e. The monoisotopic (exact) mass is 312 g/mol. The van der Waals surface area contributed by atoms with Crippen LogP contribution in [0.25, 0.3) is 0 Å². The van der Waals surface area contributed by atoms with E-state index in [0.29, 0.717) is 5.57 Å². The third-order valence-electron chi connectivity index (χ3n) is 5.70. The summed E-state index contributed by atoms with van der Waals surface area (Å²) >= 11 is 0. The molecule has 3 heteroatoms. The standard InChI is InChI=1S/C20H24O3/c1-12-6-8-16-14(5-4-10-20(16,2)3)18(19(12)23)15-11-13(21)7-9-17(15)22/h7-9,11-12,14,18H,4-6,10H2,1-3H3/t12-,14+,18+/m1/s1. The zero-order chi connectivity index (χ0) is 16.8. The summed E-state index contributed by atoms with van der Waals surface area (Å²) in [5.41, 5.74) is 1.77. The lowest BCUT2D eigenvalue weighted by molar-refractivity contribution is -0.127. The number of carbonyl (C=O) groups excluding carboxylic acids is 3. The number of hydrogen-bond acceptors (Lipinski definition) is 3. The molecule has 3 rings (SSSR count). The molecule has 0 saturated heterocycles. The summed E-state index contributed by atoms with van der Waals surface area (Å²) in [6, 6.07) is 0. The maximum absolute atomic E-state index is 13.0. The molecule has 0 aliphatic heterocycles. The Labute approximate surface area is 137 Å². The van der Waals surface area contributed by atoms with Gasteiger partial charge in [0.15, 0.2) is 11.6 Å². The first-order chi connectivity index (χ1) is 10.8. The molecule has 3 atom stereocenters. The number of carbonyl (C=O) groups is 3. The van der Waals surface area contributed by atoms with Crippen LogP contribution in [-0.2, 0) is 14.4 Å². The first-order valence-electron chi connectivity index (χ1n) is 8.53. The lowest BCUT2D eigenvalue weighted by atomic mass is 9.62. The summed E-state index contributed by atoms with van der Waals surface area (Å²) in [7, 11) is 0. The van der Waals surface area contributed by atoms with Crippen molar-refractivity contribution in [2.75, 3.05) is 0 Å². The Balaban J connectivity index is 2.09. The van der Waals surface area contributed by atoms with Gasteiger partial charge < -0.3 is 0 Å². The molecule has 0 aromatic rings. The van der Waals surface area contributed by atoms with Gasteiger partial charge in [0.25, 0.3) is 0 Å². The van der Waals surface area contributed by atoms with Crippen LogP contribution in [0.2, 0.25) is 0 Å². The molecule has 3 aliphatic carbocycles. The molecule has 3 aliphatic rings. The van der Waals surface area contributed by atoms with Crippen molar-refractivity contribution in [3.8, 4) is 0 Å². The molecule has 3 nitrogen and oxygen atoms in total. The highest BCUT2D eigenvalue weighted by Crippen LogP contribution is 2.50. The quantitative estimate of drug-likeness (QED) is 0.549. The van der Waals surface area contributed by atoms with Crippen molar-refractivity contribution in [1.29, 1.82) is 0 Å². The summed E-state index contributed by atoms with van der Waals surface area (Å²) in [5.74, 6) is -0.764. The summed E-state index contributed by atoms with van der Waals surface area (Å²) in [4.78, 5) is 37.1. The molecule has 0 amide bonds. The number of Topliss-reactive ketones (excluding diaryl/α,β-unsaturated/α-hetero) is 1. The van der Waals surface area contributed by atoms with Gasteiger partial charge in [-0.15, -0.1) is 0 Å². The number of allylic oxidation sites excluding steroid dienone is 6. The van der Waals surface area contributed by atoms with Gasteiger partial charge in [0.1, 0.15) is 5.78 Å². The van der Waals surface area contributed by atoms with E-state index in [0.717, 1.165) is 25.7 Å². The minimum Gasteiger partial charge on any atom is -0.299 e. The molecular formula is C20H24O3. The predicted molar refractivity (Wildman–Crippen MR) is 88.7 cm³/mol. The fourth-order valence-corrected chi connectivity index (χ4v) is 4.40. The highest BCUT2D eigenvalue weighted by molar-refractivity contribution is 6.19. The van der Waals surface area contributed by atoms with Crippen LogP contribution in [0.4, 0.5) is 0 Å². The fraction of sp³-hybridized carbons (Fsp3) is 0.550. The Hall–Kier alpha value is -1.77. The van der Waals surface area contributed by atoms with Gasteiger partial charge in [0.2, 0.25) is 0 Å². The number of ketones is 3. The minimum atomic E-state index is -0.459. The van der Waals surface area contributed by atoms with E-state index in [9.17, 15) is 14.4 Å². The van der Waals surface area contributed by atoms with Crippen LogP contribution in [0.5, 0.6) is 0 Å². The van der Waals surface area contributed by atoms with E-state index in [1.54, 1.807) is 0 Å². The van der Waals surface area contributed by atoms with Crippen LogP contribution in [0.3, 0.4) is 0 Å². The van der Waals surface area contributed by atoms with Crippen LogP contribution in [0.15, 0.2) is 35.5 Å². The lowest BCUT2D eigenvalue weighted by Crippen LogP contribution is -2.37. The van der Waals surface area contributed by atoms with Gasteiger partial charge in [-0.3, -0.25) is 14.4 Å².